The average molecular weight is 1520 g/mol. The molecule has 1 aromatic rings. The van der Waals surface area contributed by atoms with Gasteiger partial charge in [0.05, 0.1) is 24.2 Å². The number of benzene rings is 1. The average Bonchev–Trinajstić information content (AvgIpc) is 1.61. The first kappa shape index (κ1) is 81.6. The lowest BCUT2D eigenvalue weighted by atomic mass is 9.44. The van der Waals surface area contributed by atoms with E-state index in [1.54, 1.807) is 55.4 Å². The number of allylic oxidation sites excluding steroid dienone is 12. The standard InChI is InChI=1S/C33H40F2O6.C25H31ClF2O5.C25H32F2O6/c1-17-10-18(2)29(19(3)11-17)40-16-28(39)33(41-21(5)36)20(4)12-23-24-14-26(34)25-13-22(37)8-9-30(25,6)32(24,35)27(38)15-31(23,33)7;1-5-21(32)33-25(20(31)12-26)13(2)8-15-16-10-18(27)17-9-14(29)6-7-22(17,3)24(16,28)19(30)11-23(15,25)4;1-5-21(32)33-25(20(31)12-28)13(2)8-15-16-10-18(26)17-9-14(29)6-7-22(17,3)24(16,27)19(30)11-23(15,25)4/h8-11,13,20,23-24,26-27,38H,12,14-16H2,1-7H3;6-7,9,13,15-16,18-19,30H,5,8,10-12H2,1-4H3;6-7,9,13,15-16,18-19,28,30H,5,8,10-12H2,1-4H3/t20-,23?,24?,26-,27-,30-,31-,32-,33-;2*13-,15?,16?,18-,19-,22-,23-,24-,25-/m000/s1. The second-order valence-electron chi connectivity index (χ2n) is 34.5. The van der Waals surface area contributed by atoms with E-state index in [9.17, 15) is 63.6 Å². The van der Waals surface area contributed by atoms with Gasteiger partial charge < -0.3 is 39.4 Å². The Balaban J connectivity index is 0.000000161. The van der Waals surface area contributed by atoms with E-state index in [0.717, 1.165) is 34.9 Å². The number of aliphatic hydroxyl groups is 4. The largest absolute Gasteiger partial charge is 0.485 e. The summed E-state index contributed by atoms with van der Waals surface area (Å²) in [5.74, 6) is -10.8. The van der Waals surface area contributed by atoms with Crippen molar-refractivity contribution in [2.45, 2.75) is 245 Å². The topological polar surface area (TPSA) is 271 Å². The summed E-state index contributed by atoms with van der Waals surface area (Å²) in [6.45, 7) is 24.0. The van der Waals surface area contributed by atoms with Crippen LogP contribution in [0.3, 0.4) is 0 Å². The van der Waals surface area contributed by atoms with Crippen LogP contribution in [0.25, 0.3) is 0 Å². The van der Waals surface area contributed by atoms with Gasteiger partial charge in [0.2, 0.25) is 11.6 Å². The van der Waals surface area contributed by atoms with Crippen LogP contribution in [0.4, 0.5) is 26.3 Å². The summed E-state index contributed by atoms with van der Waals surface area (Å²) in [4.78, 5) is 114. The summed E-state index contributed by atoms with van der Waals surface area (Å²) in [6, 6.07) is 3.91. The molecule has 586 valence electrons. The van der Waals surface area contributed by atoms with Gasteiger partial charge in [-0.1, -0.05) is 91.3 Å². The maximum atomic E-state index is 17.5. The maximum Gasteiger partial charge on any atom is 0.306 e. The lowest BCUT2D eigenvalue weighted by molar-refractivity contribution is -0.231. The molecule has 13 rings (SSSR count). The summed E-state index contributed by atoms with van der Waals surface area (Å²) in [5.41, 5.74) is -17.1. The van der Waals surface area contributed by atoms with Crippen molar-refractivity contribution in [1.82, 2.24) is 0 Å². The molecule has 0 spiro atoms. The zero-order chi connectivity index (χ0) is 79.4. The highest BCUT2D eigenvalue weighted by atomic mass is 35.5. The lowest BCUT2D eigenvalue weighted by Crippen LogP contribution is -2.71. The second kappa shape index (κ2) is 27.5. The molecule has 6 unspecified atom stereocenters. The number of aliphatic hydroxyl groups excluding tert-OH is 4. The number of alkyl halides is 7. The van der Waals surface area contributed by atoms with Crippen LogP contribution in [0.15, 0.2) is 83.5 Å². The third kappa shape index (κ3) is 11.1. The molecule has 0 bridgehead atoms. The highest BCUT2D eigenvalue weighted by Gasteiger charge is 2.82. The monoisotopic (exact) mass is 1520 g/mol. The van der Waals surface area contributed by atoms with E-state index in [2.05, 4.69) is 0 Å². The maximum absolute atomic E-state index is 17.5. The van der Waals surface area contributed by atoms with Crippen LogP contribution in [-0.2, 0) is 57.4 Å². The summed E-state index contributed by atoms with van der Waals surface area (Å²) in [5, 5.41) is 44.1. The molecule has 27 atom stereocenters. The van der Waals surface area contributed by atoms with Crippen molar-refractivity contribution in [2.75, 3.05) is 19.1 Å². The smallest absolute Gasteiger partial charge is 0.306 e. The molecule has 4 N–H and O–H groups in total. The Hall–Kier alpha value is -6.40. The van der Waals surface area contributed by atoms with Gasteiger partial charge in [-0.25, -0.2) is 26.3 Å². The third-order valence-corrected chi connectivity index (χ3v) is 29.6. The summed E-state index contributed by atoms with van der Waals surface area (Å²) < 4.78 is 122. The van der Waals surface area contributed by atoms with Crippen molar-refractivity contribution in [3.8, 4) is 5.75 Å². The van der Waals surface area contributed by atoms with E-state index in [4.69, 9.17) is 30.5 Å². The quantitative estimate of drug-likeness (QED) is 0.0618. The predicted octanol–water partition coefficient (Wildman–Crippen LogP) is 12.3. The Bertz CT molecular complexity index is 3940. The fourth-order valence-corrected chi connectivity index (χ4v) is 25.0. The SMILES string of the molecule is CC(=O)O[C@]1(C(=O)COc2c(C)cc(C)cc2C)[C@@H](C)CC2C3C[C@H](F)C4=CC(=O)C=C[C@]4(C)[C@@]3(F)[C@@H](O)C[C@@]21C.CCC(=O)O[C@]1(C(=O)CCl)[C@@H](C)CC2C3C[C@H](F)C4=CC(=O)C=C[C@]4(C)[C@@]3(F)[C@@H](O)C[C@@]21C.CCC(=O)O[C@]1(C(=O)CO)[C@@H](C)CC2C3C[C@H](F)C4=CC(=O)C=C[C@]4(C)[C@@]3(F)[C@@H](O)C[C@@]21C. The van der Waals surface area contributed by atoms with Crippen LogP contribution in [0.2, 0.25) is 0 Å². The minimum absolute atomic E-state index is 0.00452. The van der Waals surface area contributed by atoms with Crippen LogP contribution < -0.4 is 4.74 Å². The van der Waals surface area contributed by atoms with Crippen LogP contribution in [-0.4, -0.2) is 163 Å². The molecular weight excluding hydrogens is 1420 g/mol. The predicted molar refractivity (Wildman–Crippen MR) is 381 cm³/mol. The zero-order valence-electron chi connectivity index (χ0n) is 63.7. The van der Waals surface area contributed by atoms with E-state index in [-0.39, 0.29) is 81.1 Å². The molecule has 0 heterocycles. The molecule has 24 heteroatoms. The van der Waals surface area contributed by atoms with Crippen molar-refractivity contribution in [2.24, 2.45) is 85.8 Å². The molecule has 0 radical (unpaired) electrons. The number of rotatable bonds is 13. The van der Waals surface area contributed by atoms with Crippen molar-refractivity contribution in [1.29, 1.82) is 0 Å². The second-order valence-corrected chi connectivity index (χ2v) is 34.8. The van der Waals surface area contributed by atoms with Gasteiger partial charge in [-0.15, -0.1) is 11.6 Å². The number of aryl methyl sites for hydroxylation is 3. The fraction of sp³-hybridized carbons (Fsp3) is 0.675. The van der Waals surface area contributed by atoms with E-state index < -0.39 is 221 Å². The molecule has 0 aromatic heterocycles. The number of fused-ring (bicyclic) bond motifs is 15. The molecule has 0 amide bonds. The number of ketones is 6. The first-order valence-corrected chi connectivity index (χ1v) is 38.2. The lowest BCUT2D eigenvalue weighted by Gasteiger charge is -2.63. The third-order valence-electron chi connectivity index (χ3n) is 29.4. The minimum atomic E-state index is -2.29. The molecule has 9 saturated carbocycles. The molecule has 12 aliphatic rings. The molecule has 1 aromatic carbocycles. The number of halogens is 7. The first-order valence-electron chi connectivity index (χ1n) is 37.7. The number of Topliss-reactive ketones (excluding diaryl/α,β-unsaturated/α-hetero) is 3. The number of esters is 3. The molecule has 0 aliphatic heterocycles. The zero-order valence-corrected chi connectivity index (χ0v) is 64.4. The van der Waals surface area contributed by atoms with Crippen LogP contribution in [0.1, 0.15) is 170 Å². The summed E-state index contributed by atoms with van der Waals surface area (Å²) in [7, 11) is 0. The number of hydrogen-bond donors (Lipinski definition) is 4. The number of hydrogen-bond acceptors (Lipinski definition) is 17. The van der Waals surface area contributed by atoms with Crippen LogP contribution in [0, 0.1) is 107 Å². The Kier molecular flexibility index (Phi) is 21.0. The summed E-state index contributed by atoms with van der Waals surface area (Å²) in [6.07, 6.45) is 1.32. The van der Waals surface area contributed by atoms with Gasteiger partial charge in [-0.3, -0.25) is 43.2 Å². The van der Waals surface area contributed by atoms with Crippen molar-refractivity contribution < 1.29 is 109 Å². The molecule has 9 fully saturated rings. The Morgan fingerprint density at radius 2 is 0.804 bits per heavy atom. The highest BCUT2D eigenvalue weighted by Crippen LogP contribution is 2.76. The van der Waals surface area contributed by atoms with E-state index >= 15 is 26.3 Å². The van der Waals surface area contributed by atoms with Gasteiger partial charge in [0.1, 0.15) is 30.9 Å². The Labute approximate surface area is 626 Å². The molecule has 17 nitrogen and oxygen atoms in total. The van der Waals surface area contributed by atoms with Crippen LogP contribution >= 0.6 is 11.6 Å². The van der Waals surface area contributed by atoms with Crippen molar-refractivity contribution in [3.05, 3.63) is 100 Å². The van der Waals surface area contributed by atoms with Crippen molar-refractivity contribution >= 4 is 64.2 Å². The van der Waals surface area contributed by atoms with Gasteiger partial charge in [-0.05, 0) is 181 Å². The number of carbonyl (C=O) groups excluding carboxylic acids is 9. The van der Waals surface area contributed by atoms with E-state index in [1.165, 1.54) is 64.2 Å². The number of ether oxygens (including phenoxy) is 4. The molecule has 0 saturated heterocycles. The van der Waals surface area contributed by atoms with Gasteiger partial charge in [0.15, 0.2) is 63.5 Å². The first-order chi connectivity index (χ1) is 49.7. The normalized spacial score (nSPS) is 45.6. The van der Waals surface area contributed by atoms with Gasteiger partial charge in [0.25, 0.3) is 0 Å². The molecule has 107 heavy (non-hydrogen) atoms. The highest BCUT2D eigenvalue weighted by molar-refractivity contribution is 6.29. The molecule has 12 aliphatic carbocycles. The fourth-order valence-electron chi connectivity index (χ4n) is 24.8. The van der Waals surface area contributed by atoms with Crippen molar-refractivity contribution in [3.63, 3.8) is 0 Å². The van der Waals surface area contributed by atoms with Gasteiger partial charge in [-0.2, -0.15) is 0 Å². The molecular formula is C83H103ClF6O17. The van der Waals surface area contributed by atoms with E-state index in [0.29, 0.717) is 18.6 Å². The van der Waals surface area contributed by atoms with E-state index in [1.807, 2.05) is 32.9 Å². The van der Waals surface area contributed by atoms with Gasteiger partial charge in [0, 0.05) is 87.8 Å². The van der Waals surface area contributed by atoms with Crippen LogP contribution in [0.5, 0.6) is 5.75 Å². The minimum Gasteiger partial charge on any atom is -0.485 e. The Morgan fingerprint density at radius 1 is 0.495 bits per heavy atom. The van der Waals surface area contributed by atoms with Gasteiger partial charge >= 0.3 is 17.9 Å². The Morgan fingerprint density at radius 3 is 1.09 bits per heavy atom. The summed E-state index contributed by atoms with van der Waals surface area (Å²) >= 11 is 5.97. The number of carbonyl (C=O) groups is 9.